The Hall–Kier alpha value is -1.78. The van der Waals surface area contributed by atoms with Gasteiger partial charge in [0.2, 0.25) is 0 Å². The smallest absolute Gasteiger partial charge is 0.330 e. The maximum absolute atomic E-state index is 11.3. The van der Waals surface area contributed by atoms with Gasteiger partial charge in [0.25, 0.3) is 0 Å². The highest BCUT2D eigenvalue weighted by Gasteiger charge is 2.22. The Morgan fingerprint density at radius 3 is 3.00 bits per heavy atom. The first kappa shape index (κ1) is 14.2. The maximum Gasteiger partial charge on any atom is 0.330 e. The number of carbonyl (C=O) groups is 1. The summed E-state index contributed by atoms with van der Waals surface area (Å²) < 4.78 is 10.5. The Kier molecular flexibility index (Phi) is 3.74. The third-order valence-corrected chi connectivity index (χ3v) is 4.13. The highest BCUT2D eigenvalue weighted by atomic mass is 35.5. The molecular formula is C16H16ClNO3. The molecule has 5 heteroatoms. The van der Waals surface area contributed by atoms with Crippen molar-refractivity contribution in [2.24, 2.45) is 0 Å². The van der Waals surface area contributed by atoms with Crippen LogP contribution in [-0.4, -0.2) is 31.6 Å². The SMILES string of the molecule is COC(=O)/C=C\c1oc2ccc(Cl)c3c2c1CN(C)CC3. The minimum absolute atomic E-state index is 0.400. The molecule has 1 aliphatic rings. The van der Waals surface area contributed by atoms with E-state index in [2.05, 4.69) is 16.7 Å². The van der Waals surface area contributed by atoms with Gasteiger partial charge in [-0.2, -0.15) is 0 Å². The van der Waals surface area contributed by atoms with E-state index in [0.717, 1.165) is 46.6 Å². The lowest BCUT2D eigenvalue weighted by atomic mass is 10.0. The Balaban J connectivity index is 2.18. The number of nitrogens with zero attached hydrogens (tertiary/aromatic N) is 1. The predicted molar refractivity (Wildman–Crippen MR) is 82.3 cm³/mol. The van der Waals surface area contributed by atoms with Gasteiger partial charge in [0.1, 0.15) is 11.3 Å². The lowest BCUT2D eigenvalue weighted by Gasteiger charge is -2.12. The molecule has 0 atom stereocenters. The van der Waals surface area contributed by atoms with Crippen LogP contribution in [0.1, 0.15) is 16.9 Å². The lowest BCUT2D eigenvalue weighted by molar-refractivity contribution is -0.134. The van der Waals surface area contributed by atoms with Gasteiger partial charge in [-0.25, -0.2) is 4.79 Å². The van der Waals surface area contributed by atoms with Gasteiger partial charge in [-0.05, 0) is 37.2 Å². The van der Waals surface area contributed by atoms with Gasteiger partial charge < -0.3 is 14.1 Å². The third-order valence-electron chi connectivity index (χ3n) is 3.78. The highest BCUT2D eigenvalue weighted by Crippen LogP contribution is 2.36. The molecule has 1 aromatic carbocycles. The second-order valence-corrected chi connectivity index (χ2v) is 5.60. The van der Waals surface area contributed by atoms with Gasteiger partial charge in [0.05, 0.1) is 7.11 Å². The maximum atomic E-state index is 11.3. The van der Waals surface area contributed by atoms with E-state index in [1.54, 1.807) is 6.08 Å². The van der Waals surface area contributed by atoms with Crippen molar-refractivity contribution in [3.05, 3.63) is 40.1 Å². The number of ether oxygens (including phenoxy) is 1. The van der Waals surface area contributed by atoms with Gasteiger partial charge in [-0.15, -0.1) is 0 Å². The summed E-state index contributed by atoms with van der Waals surface area (Å²) in [7, 11) is 3.42. The number of halogens is 1. The number of benzene rings is 1. The summed E-state index contributed by atoms with van der Waals surface area (Å²) in [6, 6.07) is 3.75. The van der Waals surface area contributed by atoms with Gasteiger partial charge in [0.15, 0.2) is 0 Å². The van der Waals surface area contributed by atoms with Crippen molar-refractivity contribution in [3.8, 4) is 0 Å². The molecule has 0 spiro atoms. The molecule has 0 aliphatic carbocycles. The van der Waals surface area contributed by atoms with Gasteiger partial charge in [0, 0.05) is 35.1 Å². The topological polar surface area (TPSA) is 42.7 Å². The van der Waals surface area contributed by atoms with E-state index in [-0.39, 0.29) is 0 Å². The molecule has 3 rings (SSSR count). The highest BCUT2D eigenvalue weighted by molar-refractivity contribution is 6.32. The van der Waals surface area contributed by atoms with E-state index in [0.29, 0.717) is 5.76 Å². The lowest BCUT2D eigenvalue weighted by Crippen LogP contribution is -2.18. The minimum Gasteiger partial charge on any atom is -0.466 e. The van der Waals surface area contributed by atoms with E-state index in [1.165, 1.54) is 13.2 Å². The summed E-state index contributed by atoms with van der Waals surface area (Å²) in [5, 5.41) is 1.85. The zero-order chi connectivity index (χ0) is 15.0. The van der Waals surface area contributed by atoms with Crippen molar-refractivity contribution >= 4 is 34.6 Å². The van der Waals surface area contributed by atoms with Crippen LogP contribution >= 0.6 is 11.6 Å². The average molecular weight is 306 g/mol. The number of esters is 1. The number of methoxy groups -OCH3 is 1. The predicted octanol–water partition coefficient (Wildman–Crippen LogP) is 3.26. The molecule has 0 N–H and O–H groups in total. The first-order chi connectivity index (χ1) is 10.1. The summed E-state index contributed by atoms with van der Waals surface area (Å²) >= 11 is 6.34. The zero-order valence-electron chi connectivity index (χ0n) is 12.0. The molecule has 2 heterocycles. The van der Waals surface area contributed by atoms with Crippen LogP contribution in [0, 0.1) is 0 Å². The number of rotatable bonds is 2. The van der Waals surface area contributed by atoms with Crippen molar-refractivity contribution in [3.63, 3.8) is 0 Å². The van der Waals surface area contributed by atoms with Crippen LogP contribution in [0.4, 0.5) is 0 Å². The minimum atomic E-state index is -0.400. The van der Waals surface area contributed by atoms with Crippen LogP contribution in [-0.2, 0) is 22.5 Å². The Labute approximate surface area is 127 Å². The molecule has 0 amide bonds. The third kappa shape index (κ3) is 2.57. The molecule has 110 valence electrons. The average Bonchev–Trinajstić information content (AvgIpc) is 2.70. The molecule has 0 radical (unpaired) electrons. The van der Waals surface area contributed by atoms with E-state index in [1.807, 2.05) is 12.1 Å². The van der Waals surface area contributed by atoms with Crippen molar-refractivity contribution in [1.29, 1.82) is 0 Å². The summed E-state index contributed by atoms with van der Waals surface area (Å²) in [5.41, 5.74) is 3.00. The molecule has 0 bridgehead atoms. The van der Waals surface area contributed by atoms with Crippen molar-refractivity contribution < 1.29 is 13.9 Å². The molecule has 0 unspecified atom stereocenters. The van der Waals surface area contributed by atoms with E-state index in [4.69, 9.17) is 16.0 Å². The van der Waals surface area contributed by atoms with Crippen LogP contribution < -0.4 is 0 Å². The summed E-state index contributed by atoms with van der Waals surface area (Å²) in [6.07, 6.45) is 3.93. The first-order valence-electron chi connectivity index (χ1n) is 6.77. The number of carbonyl (C=O) groups excluding carboxylic acids is 1. The number of likely N-dealkylation sites (N-methyl/N-ethyl adjacent to an activating group) is 1. The van der Waals surface area contributed by atoms with E-state index < -0.39 is 5.97 Å². The summed E-state index contributed by atoms with van der Waals surface area (Å²) in [4.78, 5) is 13.5. The molecule has 1 aliphatic heterocycles. The standard InChI is InChI=1S/C16H16ClNO3/c1-18-8-7-10-12(17)3-4-14-16(10)11(9-18)13(21-14)5-6-15(19)20-2/h3-6H,7-9H2,1-2H3/b6-5-. The van der Waals surface area contributed by atoms with Crippen LogP contribution in [0.5, 0.6) is 0 Å². The molecule has 21 heavy (non-hydrogen) atoms. The molecule has 2 aromatic rings. The second-order valence-electron chi connectivity index (χ2n) is 5.19. The van der Waals surface area contributed by atoms with Gasteiger partial charge >= 0.3 is 5.97 Å². The fraction of sp³-hybridized carbons (Fsp3) is 0.312. The molecule has 0 saturated heterocycles. The molecule has 4 nitrogen and oxygen atoms in total. The van der Waals surface area contributed by atoms with Gasteiger partial charge in [-0.3, -0.25) is 0 Å². The van der Waals surface area contributed by atoms with Crippen molar-refractivity contribution in [2.75, 3.05) is 20.7 Å². The number of hydrogen-bond donors (Lipinski definition) is 0. The number of hydrogen-bond acceptors (Lipinski definition) is 4. The quantitative estimate of drug-likeness (QED) is 0.631. The zero-order valence-corrected chi connectivity index (χ0v) is 12.7. The van der Waals surface area contributed by atoms with Crippen LogP contribution in [0.15, 0.2) is 22.6 Å². The van der Waals surface area contributed by atoms with Gasteiger partial charge in [-0.1, -0.05) is 11.6 Å². The number of furan rings is 1. The van der Waals surface area contributed by atoms with Crippen LogP contribution in [0.25, 0.3) is 17.0 Å². The molecule has 0 saturated carbocycles. The fourth-order valence-electron chi connectivity index (χ4n) is 2.72. The Morgan fingerprint density at radius 1 is 1.43 bits per heavy atom. The summed E-state index contributed by atoms with van der Waals surface area (Å²) in [6.45, 7) is 1.70. The van der Waals surface area contributed by atoms with Crippen LogP contribution in [0.3, 0.4) is 0 Å². The molecule has 0 fully saturated rings. The van der Waals surface area contributed by atoms with E-state index >= 15 is 0 Å². The molecule has 1 aromatic heterocycles. The molecular weight excluding hydrogens is 290 g/mol. The van der Waals surface area contributed by atoms with E-state index in [9.17, 15) is 4.79 Å². The fourth-order valence-corrected chi connectivity index (χ4v) is 2.97. The van der Waals surface area contributed by atoms with Crippen LogP contribution in [0.2, 0.25) is 5.02 Å². The Bertz CT molecular complexity index is 733. The Morgan fingerprint density at radius 2 is 2.24 bits per heavy atom. The largest absolute Gasteiger partial charge is 0.466 e. The normalized spacial score (nSPS) is 15.6. The summed E-state index contributed by atoms with van der Waals surface area (Å²) in [5.74, 6) is 0.288. The van der Waals surface area contributed by atoms with Crippen molar-refractivity contribution in [1.82, 2.24) is 4.90 Å². The second kappa shape index (κ2) is 5.54. The van der Waals surface area contributed by atoms with Crippen molar-refractivity contribution in [2.45, 2.75) is 13.0 Å². The monoisotopic (exact) mass is 305 g/mol. The first-order valence-corrected chi connectivity index (χ1v) is 7.15.